The minimum absolute atomic E-state index is 0.0178. The molecule has 2 aromatic carbocycles. The zero-order chi connectivity index (χ0) is 19.1. The van der Waals surface area contributed by atoms with Gasteiger partial charge in [-0.05, 0) is 42.2 Å². The van der Waals surface area contributed by atoms with E-state index in [1.165, 1.54) is 6.07 Å². The number of aliphatic hydroxyl groups excluding tert-OH is 2. The number of hydrogen-bond acceptors (Lipinski definition) is 5. The van der Waals surface area contributed by atoms with Crippen molar-refractivity contribution >= 4 is 11.8 Å². The van der Waals surface area contributed by atoms with E-state index in [0.29, 0.717) is 5.56 Å². The molecule has 2 unspecified atom stereocenters. The van der Waals surface area contributed by atoms with Crippen LogP contribution in [0.4, 0.5) is 14.9 Å². The molecule has 0 radical (unpaired) electrons. The average Bonchev–Trinajstić information content (AvgIpc) is 2.63. The highest BCUT2D eigenvalue weighted by atomic mass is 19.1. The average molecular weight is 362 g/mol. The van der Waals surface area contributed by atoms with E-state index in [9.17, 15) is 19.4 Å². The first-order chi connectivity index (χ1) is 12.4. The smallest absolute Gasteiger partial charge is 0.407 e. The summed E-state index contributed by atoms with van der Waals surface area (Å²) in [6.45, 7) is 1.91. The number of rotatable bonds is 7. The van der Waals surface area contributed by atoms with Gasteiger partial charge in [0.15, 0.2) is 0 Å². The lowest BCUT2D eigenvalue weighted by atomic mass is 9.97. The number of aliphatic hydroxyl groups is 2. The third-order valence-electron chi connectivity index (χ3n) is 3.99. The van der Waals surface area contributed by atoms with Crippen molar-refractivity contribution in [2.45, 2.75) is 32.2 Å². The molecule has 2 rings (SSSR count). The number of ether oxygens (including phenoxy) is 1. The van der Waals surface area contributed by atoms with Crippen LogP contribution in [0.2, 0.25) is 0 Å². The molecule has 0 aliphatic rings. The van der Waals surface area contributed by atoms with Gasteiger partial charge in [-0.15, -0.1) is 0 Å². The number of benzene rings is 2. The van der Waals surface area contributed by atoms with Gasteiger partial charge in [0.1, 0.15) is 18.5 Å². The summed E-state index contributed by atoms with van der Waals surface area (Å²) in [6, 6.07) is 11.7. The first kappa shape index (κ1) is 19.7. The van der Waals surface area contributed by atoms with Crippen molar-refractivity contribution in [2.24, 2.45) is 0 Å². The van der Waals surface area contributed by atoms with E-state index < -0.39 is 24.1 Å². The summed E-state index contributed by atoms with van der Waals surface area (Å²) < 4.78 is 18.6. The number of carbonyl (C=O) groups excluding carboxylic acids is 1. The number of carbonyl (C=O) groups is 1. The van der Waals surface area contributed by atoms with E-state index in [-0.39, 0.29) is 30.8 Å². The molecule has 1 amide bonds. The molecule has 0 heterocycles. The summed E-state index contributed by atoms with van der Waals surface area (Å²) in [4.78, 5) is 11.6. The zero-order valence-electron chi connectivity index (χ0n) is 14.5. The Bertz CT molecular complexity index is 740. The summed E-state index contributed by atoms with van der Waals surface area (Å²) in [7, 11) is 0. The van der Waals surface area contributed by atoms with Crippen molar-refractivity contribution < 1.29 is 24.1 Å². The number of anilines is 1. The normalized spacial score (nSPS) is 13.1. The van der Waals surface area contributed by atoms with Crippen molar-refractivity contribution in [3.05, 3.63) is 65.0 Å². The van der Waals surface area contributed by atoms with E-state index in [4.69, 9.17) is 10.5 Å². The molecule has 0 aromatic heterocycles. The fraction of sp³-hybridized carbons (Fsp3) is 0.316. The minimum atomic E-state index is -1.28. The maximum Gasteiger partial charge on any atom is 0.407 e. The summed E-state index contributed by atoms with van der Waals surface area (Å²) in [5.74, 6) is -0.653. The Morgan fingerprint density at radius 3 is 2.65 bits per heavy atom. The SMILES string of the molecule is Cc1cc(N)c(F)cc1C(O)C(O)CCNC(=O)OCc1ccccc1. The van der Waals surface area contributed by atoms with Crippen LogP contribution in [-0.2, 0) is 11.3 Å². The summed E-state index contributed by atoms with van der Waals surface area (Å²) in [6.07, 6.45) is -3.00. The van der Waals surface area contributed by atoms with Gasteiger partial charge in [-0.3, -0.25) is 0 Å². The molecule has 26 heavy (non-hydrogen) atoms. The second kappa shape index (κ2) is 9.17. The van der Waals surface area contributed by atoms with Crippen molar-refractivity contribution in [1.82, 2.24) is 5.32 Å². The Morgan fingerprint density at radius 2 is 1.96 bits per heavy atom. The van der Waals surface area contributed by atoms with Crippen LogP contribution in [0.1, 0.15) is 29.2 Å². The fourth-order valence-corrected chi connectivity index (χ4v) is 2.50. The number of nitrogens with one attached hydrogen (secondary N) is 1. The fourth-order valence-electron chi connectivity index (χ4n) is 2.50. The largest absolute Gasteiger partial charge is 0.445 e. The Morgan fingerprint density at radius 1 is 1.27 bits per heavy atom. The van der Waals surface area contributed by atoms with Gasteiger partial charge < -0.3 is 26.0 Å². The lowest BCUT2D eigenvalue weighted by Crippen LogP contribution is -2.30. The standard InChI is InChI=1S/C19H23FN2O4/c1-12-9-16(21)15(20)10-14(12)18(24)17(23)7-8-22-19(25)26-11-13-5-3-2-4-6-13/h2-6,9-10,17-18,23-24H,7-8,11,21H2,1H3,(H,22,25). The Balaban J connectivity index is 1.78. The van der Waals surface area contributed by atoms with Gasteiger partial charge in [-0.1, -0.05) is 30.3 Å². The molecular formula is C19H23FN2O4. The Hall–Kier alpha value is -2.64. The number of hydrogen-bond donors (Lipinski definition) is 4. The van der Waals surface area contributed by atoms with Gasteiger partial charge in [-0.25, -0.2) is 9.18 Å². The molecule has 2 atom stereocenters. The number of amides is 1. The quantitative estimate of drug-likeness (QED) is 0.566. The molecule has 0 aliphatic heterocycles. The van der Waals surface area contributed by atoms with Gasteiger partial charge in [0, 0.05) is 6.54 Å². The lowest BCUT2D eigenvalue weighted by Gasteiger charge is -2.20. The second-order valence-electron chi connectivity index (χ2n) is 6.02. The van der Waals surface area contributed by atoms with Crippen LogP contribution in [0.25, 0.3) is 0 Å². The Kier molecular flexibility index (Phi) is 6.94. The molecule has 0 fully saturated rings. The maximum atomic E-state index is 13.6. The lowest BCUT2D eigenvalue weighted by molar-refractivity contribution is 0.0131. The topological polar surface area (TPSA) is 105 Å². The van der Waals surface area contributed by atoms with Crippen molar-refractivity contribution in [3.8, 4) is 0 Å². The molecule has 2 aromatic rings. The van der Waals surface area contributed by atoms with E-state index in [0.717, 1.165) is 11.6 Å². The second-order valence-corrected chi connectivity index (χ2v) is 6.02. The molecule has 0 bridgehead atoms. The van der Waals surface area contributed by atoms with Crippen LogP contribution in [0.3, 0.4) is 0 Å². The first-order valence-corrected chi connectivity index (χ1v) is 8.24. The molecule has 0 spiro atoms. The van der Waals surface area contributed by atoms with Crippen molar-refractivity contribution in [1.29, 1.82) is 0 Å². The van der Waals surface area contributed by atoms with Crippen LogP contribution >= 0.6 is 0 Å². The number of aryl methyl sites for hydroxylation is 1. The third-order valence-corrected chi connectivity index (χ3v) is 3.99. The van der Waals surface area contributed by atoms with Gasteiger partial charge >= 0.3 is 6.09 Å². The summed E-state index contributed by atoms with van der Waals surface area (Å²) in [5.41, 5.74) is 7.15. The predicted molar refractivity (Wildman–Crippen MR) is 95.8 cm³/mol. The van der Waals surface area contributed by atoms with Crippen molar-refractivity contribution in [2.75, 3.05) is 12.3 Å². The van der Waals surface area contributed by atoms with Gasteiger partial charge in [0.2, 0.25) is 0 Å². The van der Waals surface area contributed by atoms with E-state index in [1.54, 1.807) is 6.92 Å². The van der Waals surface area contributed by atoms with Crippen LogP contribution in [-0.4, -0.2) is 29.0 Å². The van der Waals surface area contributed by atoms with Gasteiger partial charge in [0.25, 0.3) is 0 Å². The molecule has 140 valence electrons. The van der Waals surface area contributed by atoms with Crippen LogP contribution in [0, 0.1) is 12.7 Å². The monoisotopic (exact) mass is 362 g/mol. The highest BCUT2D eigenvalue weighted by Crippen LogP contribution is 2.26. The molecule has 7 heteroatoms. The number of nitrogens with two attached hydrogens (primary N) is 1. The van der Waals surface area contributed by atoms with E-state index >= 15 is 0 Å². The number of alkyl carbamates (subject to hydrolysis) is 1. The summed E-state index contributed by atoms with van der Waals surface area (Å²) in [5, 5.41) is 22.8. The Labute approximate surface area is 151 Å². The molecule has 0 saturated heterocycles. The zero-order valence-corrected chi connectivity index (χ0v) is 14.5. The van der Waals surface area contributed by atoms with Crippen LogP contribution in [0.15, 0.2) is 42.5 Å². The first-order valence-electron chi connectivity index (χ1n) is 8.24. The molecular weight excluding hydrogens is 339 g/mol. The predicted octanol–water partition coefficient (Wildman–Crippen LogP) is 2.43. The van der Waals surface area contributed by atoms with Crippen LogP contribution in [0.5, 0.6) is 0 Å². The van der Waals surface area contributed by atoms with Crippen LogP contribution < -0.4 is 11.1 Å². The molecule has 6 nitrogen and oxygen atoms in total. The molecule has 0 aliphatic carbocycles. The summed E-state index contributed by atoms with van der Waals surface area (Å²) >= 11 is 0. The maximum absolute atomic E-state index is 13.6. The number of nitrogen functional groups attached to an aromatic ring is 1. The third kappa shape index (κ3) is 5.44. The molecule has 5 N–H and O–H groups in total. The highest BCUT2D eigenvalue weighted by Gasteiger charge is 2.21. The van der Waals surface area contributed by atoms with Gasteiger partial charge in [-0.2, -0.15) is 0 Å². The minimum Gasteiger partial charge on any atom is -0.445 e. The van der Waals surface area contributed by atoms with Crippen molar-refractivity contribution in [3.63, 3.8) is 0 Å². The van der Waals surface area contributed by atoms with E-state index in [1.807, 2.05) is 30.3 Å². The highest BCUT2D eigenvalue weighted by molar-refractivity contribution is 5.67. The van der Waals surface area contributed by atoms with Gasteiger partial charge in [0.05, 0.1) is 11.8 Å². The number of halogens is 1. The van der Waals surface area contributed by atoms with E-state index in [2.05, 4.69) is 5.32 Å². The molecule has 0 saturated carbocycles.